The Labute approximate surface area is 87.1 Å². The summed E-state index contributed by atoms with van der Waals surface area (Å²) in [5.41, 5.74) is 0.715. The second-order valence-electron chi connectivity index (χ2n) is 1.58. The third kappa shape index (κ3) is 6.68. The number of halogens is 2. The maximum atomic E-state index is 8.29. The van der Waals surface area contributed by atoms with E-state index < -0.39 is 0 Å². The molecule has 54 valence electrons. The van der Waals surface area contributed by atoms with Crippen molar-refractivity contribution in [3.63, 3.8) is 0 Å². The average Bonchev–Trinajstić information content (AvgIpc) is 2.08. The summed E-state index contributed by atoms with van der Waals surface area (Å²) in [5.74, 6) is 0. The molecule has 0 spiro atoms. The maximum absolute atomic E-state index is 8.29. The quantitative estimate of drug-likeness (QED) is 0.671. The Hall–Kier alpha value is 0.293. The first-order valence-electron chi connectivity index (χ1n) is 2.92. The van der Waals surface area contributed by atoms with Crippen LogP contribution >= 0.6 is 27.2 Å². The van der Waals surface area contributed by atoms with Gasteiger partial charge >= 0.3 is 40.5 Å². The molecular weight excluding hydrogens is 323 g/mol. The van der Waals surface area contributed by atoms with Gasteiger partial charge in [-0.05, 0) is 12.1 Å². The first-order chi connectivity index (χ1) is 5.35. The minimum absolute atomic E-state index is 0.250. The van der Waals surface area contributed by atoms with Crippen molar-refractivity contribution in [1.82, 2.24) is 0 Å². The molecule has 0 unspecified atom stereocenters. The van der Waals surface area contributed by atoms with Crippen LogP contribution in [0.25, 0.3) is 0 Å². The predicted molar refractivity (Wildman–Crippen MR) is 49.0 cm³/mol. The Morgan fingerprint density at radius 1 is 1.18 bits per heavy atom. The fourth-order valence-corrected chi connectivity index (χ4v) is 0.513. The van der Waals surface area contributed by atoms with E-state index in [9.17, 15) is 0 Å². The van der Waals surface area contributed by atoms with Crippen LogP contribution in [0.2, 0.25) is 0 Å². The number of hydrogen-bond donors (Lipinski definition) is 0. The predicted octanol–water partition coefficient (Wildman–Crippen LogP) is 3.25. The third-order valence-electron chi connectivity index (χ3n) is 0.903. The summed E-state index contributed by atoms with van der Waals surface area (Å²) in [6, 6.07) is 11.2. The van der Waals surface area contributed by atoms with Gasteiger partial charge in [-0.2, -0.15) is 5.26 Å². The Kier molecular flexibility index (Phi) is 8.61. The van der Waals surface area contributed by atoms with E-state index in [2.05, 4.69) is 27.2 Å². The van der Waals surface area contributed by atoms with Crippen molar-refractivity contribution in [2.45, 2.75) is 0 Å². The van der Waals surface area contributed by atoms with Gasteiger partial charge in [-0.25, -0.2) is 0 Å². The molecule has 0 saturated heterocycles. The summed E-state index contributed by atoms with van der Waals surface area (Å²) >= 11 is 6.25. The van der Waals surface area contributed by atoms with E-state index in [0.29, 0.717) is 5.56 Å². The SMILES string of the molecule is N#Cc1ccccc1.[Br][Zn][Br]. The normalized spacial score (nSPS) is 6.64. The monoisotopic (exact) mass is 325 g/mol. The minimum atomic E-state index is -0.250. The van der Waals surface area contributed by atoms with Gasteiger partial charge in [-0.3, -0.25) is 0 Å². The van der Waals surface area contributed by atoms with E-state index in [1.807, 2.05) is 24.3 Å². The van der Waals surface area contributed by atoms with E-state index in [0.717, 1.165) is 0 Å². The van der Waals surface area contributed by atoms with Crippen molar-refractivity contribution >= 4 is 27.2 Å². The number of nitrogens with zero attached hydrogens (tertiary/aromatic N) is 1. The zero-order valence-corrected chi connectivity index (χ0v) is 11.9. The van der Waals surface area contributed by atoms with Crippen molar-refractivity contribution in [3.8, 4) is 6.07 Å². The summed E-state index contributed by atoms with van der Waals surface area (Å²) in [6.07, 6.45) is 0. The second kappa shape index (κ2) is 8.39. The molecule has 0 aliphatic heterocycles. The summed E-state index contributed by atoms with van der Waals surface area (Å²) in [6.45, 7) is 0. The molecule has 0 aromatic heterocycles. The Morgan fingerprint density at radius 3 is 1.91 bits per heavy atom. The van der Waals surface area contributed by atoms with Gasteiger partial charge in [0.05, 0.1) is 11.6 Å². The van der Waals surface area contributed by atoms with Crippen LogP contribution in [0.1, 0.15) is 5.56 Å². The van der Waals surface area contributed by atoms with Crippen molar-refractivity contribution < 1.29 is 13.2 Å². The van der Waals surface area contributed by atoms with Crippen molar-refractivity contribution in [3.05, 3.63) is 35.9 Å². The molecule has 0 amide bonds. The molecule has 1 aromatic carbocycles. The molecule has 1 rings (SSSR count). The van der Waals surface area contributed by atoms with Crippen molar-refractivity contribution in [1.29, 1.82) is 5.26 Å². The molecular formula is C7H5Br2NZn. The van der Waals surface area contributed by atoms with E-state index in [-0.39, 0.29) is 13.2 Å². The molecule has 0 bridgehead atoms. The van der Waals surface area contributed by atoms with E-state index in [1.54, 1.807) is 12.1 Å². The summed E-state index contributed by atoms with van der Waals surface area (Å²) in [5, 5.41) is 8.29. The van der Waals surface area contributed by atoms with Gasteiger partial charge in [0.2, 0.25) is 0 Å². The van der Waals surface area contributed by atoms with Gasteiger partial charge < -0.3 is 0 Å². The zero-order valence-electron chi connectivity index (χ0n) is 5.80. The van der Waals surface area contributed by atoms with Crippen molar-refractivity contribution in [2.24, 2.45) is 0 Å². The van der Waals surface area contributed by atoms with Gasteiger partial charge in [-0.1, -0.05) is 18.2 Å². The van der Waals surface area contributed by atoms with Crippen LogP contribution in [-0.4, -0.2) is 0 Å². The van der Waals surface area contributed by atoms with E-state index in [4.69, 9.17) is 5.26 Å². The second-order valence-corrected chi connectivity index (χ2v) is 15.6. The first-order valence-corrected chi connectivity index (χ1v) is 16.8. The molecule has 0 aliphatic carbocycles. The molecule has 0 atom stereocenters. The van der Waals surface area contributed by atoms with Crippen molar-refractivity contribution in [2.75, 3.05) is 0 Å². The standard InChI is InChI=1S/C7H5N.2BrH.Zn/c8-6-7-4-2-1-3-5-7;;;/h1-5H;2*1H;/q;;;+2/p-2. The molecule has 4 heteroatoms. The topological polar surface area (TPSA) is 23.8 Å². The summed E-state index contributed by atoms with van der Waals surface area (Å²) in [7, 11) is 0. The number of rotatable bonds is 0. The van der Waals surface area contributed by atoms with E-state index >= 15 is 0 Å². The number of hydrogen-bond acceptors (Lipinski definition) is 1. The van der Waals surface area contributed by atoms with Crippen LogP contribution in [0.15, 0.2) is 30.3 Å². The molecule has 1 nitrogen and oxygen atoms in total. The molecule has 11 heavy (non-hydrogen) atoms. The Morgan fingerprint density at radius 2 is 1.64 bits per heavy atom. The van der Waals surface area contributed by atoms with E-state index in [1.165, 1.54) is 0 Å². The van der Waals surface area contributed by atoms with Gasteiger partial charge in [0.25, 0.3) is 0 Å². The fraction of sp³-hybridized carbons (Fsp3) is 0. The molecule has 0 fully saturated rings. The molecule has 0 aliphatic rings. The molecule has 0 saturated carbocycles. The van der Waals surface area contributed by atoms with Crippen LogP contribution in [0.5, 0.6) is 0 Å². The summed E-state index contributed by atoms with van der Waals surface area (Å²) in [4.78, 5) is 0. The van der Waals surface area contributed by atoms with Crippen LogP contribution in [0.4, 0.5) is 0 Å². The Balaban J connectivity index is 0.000000292. The number of nitriles is 1. The van der Waals surface area contributed by atoms with Gasteiger partial charge in [0.1, 0.15) is 0 Å². The Bertz CT molecular complexity index is 220. The number of benzene rings is 1. The molecule has 1 aromatic rings. The molecule has 0 radical (unpaired) electrons. The first kappa shape index (κ1) is 11.3. The average molecular weight is 328 g/mol. The fourth-order valence-electron chi connectivity index (χ4n) is 0.513. The zero-order chi connectivity index (χ0) is 8.53. The summed E-state index contributed by atoms with van der Waals surface area (Å²) < 4.78 is 0. The molecule has 0 N–H and O–H groups in total. The van der Waals surface area contributed by atoms with Crippen LogP contribution in [0, 0.1) is 11.3 Å². The third-order valence-corrected chi connectivity index (χ3v) is 0.903. The van der Waals surface area contributed by atoms with Crippen LogP contribution in [0.3, 0.4) is 0 Å². The van der Waals surface area contributed by atoms with Crippen LogP contribution < -0.4 is 0 Å². The van der Waals surface area contributed by atoms with Crippen LogP contribution in [-0.2, 0) is 13.2 Å². The molecule has 0 heterocycles. The van der Waals surface area contributed by atoms with Gasteiger partial charge in [0, 0.05) is 0 Å². The van der Waals surface area contributed by atoms with Gasteiger partial charge in [-0.15, -0.1) is 0 Å². The van der Waals surface area contributed by atoms with Gasteiger partial charge in [0.15, 0.2) is 0 Å².